The average Bonchev–Trinajstić information content (AvgIpc) is 3.47. The van der Waals surface area contributed by atoms with Crippen LogP contribution in [-0.4, -0.2) is 225 Å². The molecule has 5 fully saturated rings. The Morgan fingerprint density at radius 1 is 0.663 bits per heavy atom. The number of rotatable bonds is 18. The number of carbonyl (C=O) groups is 3. The number of Topliss-reactive ketones (excluding diaryl/α,β-unsaturated/α-hetero) is 1. The number of esters is 2. The maximum absolute atomic E-state index is 14.0. The van der Waals surface area contributed by atoms with Crippen molar-refractivity contribution < 1.29 is 127 Å². The van der Waals surface area contributed by atoms with Crippen LogP contribution in [0.3, 0.4) is 0 Å². The van der Waals surface area contributed by atoms with E-state index in [9.17, 15) is 60.3 Å². The quantitative estimate of drug-likeness (QED) is 0.0953. The summed E-state index contributed by atoms with van der Waals surface area (Å²) in [5, 5.41) is 103. The fraction of sp³-hybridized carbons (Fsp3) is 0.772. The number of carbonyl (C=O) groups excluding carboxylic acids is 3. The molecule has 0 unspecified atom stereocenters. The van der Waals surface area contributed by atoms with Crippen molar-refractivity contribution in [2.24, 2.45) is 5.92 Å². The topological polar surface area (TPSA) is 362 Å². The van der Waals surface area contributed by atoms with Gasteiger partial charge < -0.3 is 112 Å². The second kappa shape index (κ2) is 26.5. The van der Waals surface area contributed by atoms with Gasteiger partial charge in [-0.15, -0.1) is 0 Å². The van der Waals surface area contributed by atoms with Crippen molar-refractivity contribution in [3.05, 3.63) is 28.8 Å². The number of aliphatic hydroxyl groups excluding tert-OH is 6. The van der Waals surface area contributed by atoms with Crippen molar-refractivity contribution in [1.82, 2.24) is 0 Å². The van der Waals surface area contributed by atoms with Crippen LogP contribution in [0.4, 0.5) is 0 Å². The maximum Gasteiger partial charge on any atom is 0.303 e. The Labute approximate surface area is 480 Å². The number of phenolic OH excluding ortho intramolecular Hbond substituents is 2. The number of hydrogen-bond donors (Lipinski definition) is 9. The highest BCUT2D eigenvalue weighted by Gasteiger charge is 2.52. The van der Waals surface area contributed by atoms with Crippen LogP contribution in [0.2, 0.25) is 0 Å². The summed E-state index contributed by atoms with van der Waals surface area (Å²) in [6.07, 6.45) is -26.9. The summed E-state index contributed by atoms with van der Waals surface area (Å²) in [7, 11) is 2.68. The molecule has 0 amide bonds. The number of benzene rings is 2. The lowest BCUT2D eigenvalue weighted by molar-refractivity contribution is -0.337. The molecule has 0 bridgehead atoms. The van der Waals surface area contributed by atoms with Crippen LogP contribution in [0.5, 0.6) is 17.2 Å². The van der Waals surface area contributed by atoms with Crippen molar-refractivity contribution in [1.29, 1.82) is 0 Å². The van der Waals surface area contributed by atoms with Gasteiger partial charge in [0.05, 0.1) is 66.4 Å². The standard InChI is InChI=1S/C57H84O26/c1-21-34(79-40-19-37(53(26(6)75-40)77-28(8)59)82-38-16-33(61)52(70-11)25(5)74-38)15-31-13-30-14-32(54(71-12)51(68)46(63)22(2)58)55(50(67)44(30)49(66)43(31)45(21)62)83-41-18-35(47(64)24(4)73-41)80-39-17-36(48(65)23(3)72-39)81-42-20-57(10,69)56(27(7)76-42)78-29(9)60/h13,15,22-27,32-33,35-42,46-48,50,52-56,58,61-67,69H,14,16-20H2,1-12H3/t22-,23-,24-,25-,26-,27+,32+,33-,35-,36-,37-,38-,39+,40+,41+,42+,46+,47-,48-,50+,52+,53+,54+,55+,56+,57+/m1/s1. The number of hydrogen-bond acceptors (Lipinski definition) is 26. The average molecular weight is 1190 g/mol. The lowest BCUT2D eigenvalue weighted by Crippen LogP contribution is -2.59. The van der Waals surface area contributed by atoms with Crippen molar-refractivity contribution in [2.75, 3.05) is 14.2 Å². The summed E-state index contributed by atoms with van der Waals surface area (Å²) in [6.45, 7) is 14.9. The molecule has 0 aromatic heterocycles. The Hall–Kier alpha value is -4.01. The van der Waals surface area contributed by atoms with Crippen LogP contribution >= 0.6 is 0 Å². The summed E-state index contributed by atoms with van der Waals surface area (Å²) >= 11 is 0. The minimum atomic E-state index is -1.93. The molecule has 5 aliphatic heterocycles. The lowest BCUT2D eigenvalue weighted by Gasteiger charge is -2.47. The third-order valence-electron chi connectivity index (χ3n) is 16.8. The van der Waals surface area contributed by atoms with E-state index in [4.69, 9.17) is 66.3 Å². The Morgan fingerprint density at radius 2 is 1.19 bits per heavy atom. The Balaban J connectivity index is 1.04. The van der Waals surface area contributed by atoms with Gasteiger partial charge in [-0.1, -0.05) is 6.07 Å². The number of aromatic hydroxyl groups is 2. The molecule has 0 radical (unpaired) electrons. The van der Waals surface area contributed by atoms with Gasteiger partial charge in [-0.05, 0) is 78.8 Å². The van der Waals surface area contributed by atoms with Gasteiger partial charge in [0.15, 0.2) is 43.2 Å². The molecule has 0 saturated carbocycles. The van der Waals surface area contributed by atoms with E-state index in [0.29, 0.717) is 0 Å². The summed E-state index contributed by atoms with van der Waals surface area (Å²) in [5.74, 6) is -4.14. The van der Waals surface area contributed by atoms with Crippen LogP contribution < -0.4 is 4.74 Å². The van der Waals surface area contributed by atoms with Gasteiger partial charge in [-0.25, -0.2) is 0 Å². The van der Waals surface area contributed by atoms with Gasteiger partial charge in [-0.2, -0.15) is 0 Å². The normalized spacial score (nSPS) is 40.6. The molecule has 26 heteroatoms. The molecule has 26 nitrogen and oxygen atoms in total. The lowest BCUT2D eigenvalue weighted by atomic mass is 9.74. The summed E-state index contributed by atoms with van der Waals surface area (Å²) in [4.78, 5) is 38.1. The predicted octanol–water partition coefficient (Wildman–Crippen LogP) is 1.40. The largest absolute Gasteiger partial charge is 0.507 e. The Kier molecular flexibility index (Phi) is 20.8. The van der Waals surface area contributed by atoms with Crippen LogP contribution in [0.1, 0.15) is 117 Å². The Morgan fingerprint density at radius 3 is 1.76 bits per heavy atom. The summed E-state index contributed by atoms with van der Waals surface area (Å²) in [5.41, 5.74) is -1.18. The van der Waals surface area contributed by atoms with Gasteiger partial charge in [-0.3, -0.25) is 14.4 Å². The van der Waals surface area contributed by atoms with E-state index in [1.807, 2.05) is 0 Å². The van der Waals surface area contributed by atoms with Crippen LogP contribution in [0.15, 0.2) is 12.1 Å². The number of ketones is 1. The van der Waals surface area contributed by atoms with E-state index in [2.05, 4.69) is 0 Å². The first-order valence-electron chi connectivity index (χ1n) is 28.3. The first kappa shape index (κ1) is 65.0. The zero-order chi connectivity index (χ0) is 60.8. The fourth-order valence-electron chi connectivity index (χ4n) is 12.6. The molecule has 2 aromatic rings. The first-order chi connectivity index (χ1) is 39.0. The van der Waals surface area contributed by atoms with Gasteiger partial charge in [0.1, 0.15) is 65.6 Å². The van der Waals surface area contributed by atoms with E-state index in [-0.39, 0.29) is 71.7 Å². The zero-order valence-electron chi connectivity index (χ0n) is 48.8. The van der Waals surface area contributed by atoms with Crippen molar-refractivity contribution in [3.63, 3.8) is 0 Å². The molecule has 8 rings (SSSR count). The third-order valence-corrected chi connectivity index (χ3v) is 16.8. The van der Waals surface area contributed by atoms with Crippen LogP contribution in [0.25, 0.3) is 10.8 Å². The second-order valence-electron chi connectivity index (χ2n) is 23.3. The Bertz CT molecular complexity index is 2570. The van der Waals surface area contributed by atoms with Crippen LogP contribution in [-0.2, 0) is 82.4 Å². The first-order valence-corrected chi connectivity index (χ1v) is 28.3. The predicted molar refractivity (Wildman–Crippen MR) is 283 cm³/mol. The SMILES string of the molecule is CO[C@@H]1[C@H](O)C[C@@H](O[C@@H]2C[C@H](Oc3cc4cc5c(c(O)c4c(O)c3C)[C@H](O)[C@@H](O[C@H]3C[C@@H](O[C@H]4C[C@@H](O[C@H]6C[C@](C)(O)[C@@H](OC(C)=O)[C@H](C)O6)[C@H](O)[C@@H](C)O4)[C@H](O)[C@@H](C)O3)[C@H]([C@H](OC)C(=O)[C@@H](O)[C@@H](C)O)C5)O[C@H](C)[C@@H]2OC(C)=O)O[C@@H]1C. The highest BCUT2D eigenvalue weighted by Crippen LogP contribution is 2.50. The van der Waals surface area contributed by atoms with E-state index >= 15 is 0 Å². The fourth-order valence-corrected chi connectivity index (χ4v) is 12.6. The van der Waals surface area contributed by atoms with E-state index in [1.54, 1.807) is 53.7 Å². The van der Waals surface area contributed by atoms with Crippen LogP contribution in [0, 0.1) is 12.8 Å². The molecule has 5 heterocycles. The molecular weight excluding hydrogens is 1100 g/mol. The third kappa shape index (κ3) is 14.1. The van der Waals surface area contributed by atoms with Crippen molar-refractivity contribution >= 4 is 28.5 Å². The number of ether oxygens (including phenoxy) is 14. The van der Waals surface area contributed by atoms with E-state index < -0.39 is 188 Å². The molecule has 2 aromatic carbocycles. The molecule has 83 heavy (non-hydrogen) atoms. The monoisotopic (exact) mass is 1180 g/mol. The molecule has 0 spiro atoms. The molecule has 468 valence electrons. The van der Waals surface area contributed by atoms with E-state index in [1.165, 1.54) is 41.9 Å². The maximum atomic E-state index is 14.0. The number of fused-ring (bicyclic) bond motifs is 2. The second-order valence-corrected chi connectivity index (χ2v) is 23.3. The minimum Gasteiger partial charge on any atom is -0.507 e. The smallest absolute Gasteiger partial charge is 0.303 e. The van der Waals surface area contributed by atoms with Gasteiger partial charge in [0.25, 0.3) is 0 Å². The zero-order valence-corrected chi connectivity index (χ0v) is 48.8. The molecule has 5 saturated heterocycles. The van der Waals surface area contributed by atoms with E-state index in [0.717, 1.165) is 0 Å². The summed E-state index contributed by atoms with van der Waals surface area (Å²) < 4.78 is 84.5. The molecular formula is C57H84O26. The summed E-state index contributed by atoms with van der Waals surface area (Å²) in [6, 6.07) is 3.13. The minimum absolute atomic E-state index is 0.0135. The highest BCUT2D eigenvalue weighted by molar-refractivity contribution is 5.98. The van der Waals surface area contributed by atoms with Crippen molar-refractivity contribution in [2.45, 2.75) is 261 Å². The van der Waals surface area contributed by atoms with Gasteiger partial charge >= 0.3 is 11.9 Å². The molecule has 6 aliphatic rings. The number of aliphatic hydroxyl groups is 7. The highest BCUT2D eigenvalue weighted by atomic mass is 16.7. The molecule has 1 aliphatic carbocycles. The molecule has 9 N–H and O–H groups in total. The number of methoxy groups -OCH3 is 2. The number of phenols is 2. The van der Waals surface area contributed by atoms with Crippen molar-refractivity contribution in [3.8, 4) is 17.2 Å². The molecule has 26 atom stereocenters. The van der Waals surface area contributed by atoms with Gasteiger partial charge in [0, 0.05) is 77.2 Å². The van der Waals surface area contributed by atoms with Gasteiger partial charge in [0.2, 0.25) is 6.29 Å².